The van der Waals surface area contributed by atoms with E-state index in [4.69, 9.17) is 4.74 Å². The van der Waals surface area contributed by atoms with Gasteiger partial charge in [0.15, 0.2) is 5.78 Å². The fraction of sp³-hybridized carbons (Fsp3) is 0.222. The number of ketones is 1. The van der Waals surface area contributed by atoms with E-state index >= 15 is 0 Å². The second kappa shape index (κ2) is 9.38. The second-order valence-electron chi connectivity index (χ2n) is 8.25. The van der Waals surface area contributed by atoms with Gasteiger partial charge in [0.25, 0.3) is 5.56 Å². The molecule has 6 nitrogen and oxygen atoms in total. The Balaban J connectivity index is 1.65. The molecule has 0 bridgehead atoms. The van der Waals surface area contributed by atoms with Gasteiger partial charge in [0.2, 0.25) is 0 Å². The summed E-state index contributed by atoms with van der Waals surface area (Å²) >= 11 is 0. The summed E-state index contributed by atoms with van der Waals surface area (Å²) in [5, 5.41) is 16.6. The van der Waals surface area contributed by atoms with Crippen LogP contribution in [0.1, 0.15) is 28.4 Å². The molecule has 0 unspecified atom stereocenters. The third kappa shape index (κ3) is 4.86. The molecule has 0 aliphatic heterocycles. The Hall–Kier alpha value is -3.77. The highest BCUT2D eigenvalue weighted by Gasteiger charge is 2.16. The van der Waals surface area contributed by atoms with Gasteiger partial charge in [-0.3, -0.25) is 9.59 Å². The Morgan fingerprint density at radius 2 is 1.79 bits per heavy atom. The molecule has 0 amide bonds. The van der Waals surface area contributed by atoms with Gasteiger partial charge in [-0.15, -0.1) is 0 Å². The van der Waals surface area contributed by atoms with Gasteiger partial charge in [0.1, 0.15) is 18.5 Å². The maximum Gasteiger partial charge on any atom is 0.274 e. The lowest BCUT2D eigenvalue weighted by Gasteiger charge is -2.16. The van der Waals surface area contributed by atoms with Crippen molar-refractivity contribution in [2.45, 2.75) is 33.4 Å². The summed E-state index contributed by atoms with van der Waals surface area (Å²) in [6.45, 7) is 5.45. The summed E-state index contributed by atoms with van der Waals surface area (Å²) in [7, 11) is 0. The molecule has 0 fully saturated rings. The number of carbonyl (C=O) groups excluding carboxylic acids is 1. The minimum atomic E-state index is -0.969. The number of hydrogen-bond acceptors (Lipinski definition) is 5. The highest BCUT2D eigenvalue weighted by molar-refractivity contribution is 5.95. The van der Waals surface area contributed by atoms with Crippen LogP contribution in [0, 0.1) is 13.8 Å². The lowest BCUT2D eigenvalue weighted by Crippen LogP contribution is -2.32. The molecule has 1 aromatic heterocycles. The van der Waals surface area contributed by atoms with Gasteiger partial charge in [-0.1, -0.05) is 48.0 Å². The van der Waals surface area contributed by atoms with Crippen LogP contribution in [0.4, 0.5) is 0 Å². The molecule has 4 rings (SSSR count). The monoisotopic (exact) mass is 442 g/mol. The molecule has 4 aromatic rings. The molecule has 1 N–H and O–H groups in total. The Morgan fingerprint density at radius 3 is 2.55 bits per heavy atom. The number of aliphatic hydroxyl groups is 1. The van der Waals surface area contributed by atoms with Crippen molar-refractivity contribution in [3.05, 3.63) is 93.8 Å². The Labute approximate surface area is 192 Å². The summed E-state index contributed by atoms with van der Waals surface area (Å²) < 4.78 is 6.97. The molecular weight excluding hydrogens is 416 g/mol. The number of aryl methyl sites for hydroxylation is 2. The molecule has 33 heavy (non-hydrogen) atoms. The van der Waals surface area contributed by atoms with Crippen molar-refractivity contribution in [3.8, 4) is 17.0 Å². The number of hydrogen-bond donors (Lipinski definition) is 1. The average molecular weight is 443 g/mol. The number of fused-ring (bicyclic) bond motifs is 1. The predicted molar refractivity (Wildman–Crippen MR) is 129 cm³/mol. The van der Waals surface area contributed by atoms with Gasteiger partial charge in [-0.25, -0.2) is 4.68 Å². The largest absolute Gasteiger partial charge is 0.491 e. The summed E-state index contributed by atoms with van der Waals surface area (Å²) in [6, 6.07) is 20.3. The lowest BCUT2D eigenvalue weighted by atomic mass is 9.99. The van der Waals surface area contributed by atoms with Crippen LogP contribution < -0.4 is 10.3 Å². The van der Waals surface area contributed by atoms with Crippen molar-refractivity contribution in [2.24, 2.45) is 0 Å². The number of carbonyl (C=O) groups is 1. The van der Waals surface area contributed by atoms with Crippen LogP contribution >= 0.6 is 0 Å². The number of nitrogens with zero attached hydrogens (tertiary/aromatic N) is 2. The quantitative estimate of drug-likeness (QED) is 0.431. The number of ether oxygens (including phenoxy) is 1. The Kier molecular flexibility index (Phi) is 6.38. The molecule has 6 heteroatoms. The van der Waals surface area contributed by atoms with Crippen molar-refractivity contribution in [3.63, 3.8) is 0 Å². The molecule has 0 saturated heterocycles. The van der Waals surface area contributed by atoms with Crippen LogP contribution in [0.15, 0.2) is 71.5 Å². The Morgan fingerprint density at radius 1 is 1.03 bits per heavy atom. The molecule has 0 aliphatic rings. The molecule has 0 aliphatic carbocycles. The van der Waals surface area contributed by atoms with E-state index in [9.17, 15) is 14.7 Å². The first-order valence-electron chi connectivity index (χ1n) is 10.8. The number of aromatic nitrogens is 2. The zero-order valence-electron chi connectivity index (χ0n) is 18.9. The van der Waals surface area contributed by atoms with E-state index in [2.05, 4.69) is 11.2 Å². The van der Waals surface area contributed by atoms with E-state index in [-0.39, 0.29) is 24.5 Å². The smallest absolute Gasteiger partial charge is 0.274 e. The van der Waals surface area contributed by atoms with Gasteiger partial charge in [-0.05, 0) is 50.6 Å². The average Bonchev–Trinajstić information content (AvgIpc) is 2.81. The first-order chi connectivity index (χ1) is 15.8. The highest BCUT2D eigenvalue weighted by atomic mass is 16.5. The normalized spacial score (nSPS) is 12.0. The fourth-order valence-corrected chi connectivity index (χ4v) is 3.80. The molecule has 3 aromatic carbocycles. The first-order valence-corrected chi connectivity index (χ1v) is 10.8. The van der Waals surface area contributed by atoms with Gasteiger partial charge < -0.3 is 9.84 Å². The second-order valence-corrected chi connectivity index (χ2v) is 8.25. The molecule has 0 saturated carbocycles. The fourth-order valence-electron chi connectivity index (χ4n) is 3.80. The molecular formula is C27H26N2O4. The number of benzene rings is 3. The third-order valence-electron chi connectivity index (χ3n) is 5.58. The number of Topliss-reactive ketones (excluding diaryl/α,β-unsaturated/α-hetero) is 1. The van der Waals surface area contributed by atoms with Crippen LogP contribution in [-0.4, -0.2) is 33.4 Å². The van der Waals surface area contributed by atoms with Crippen LogP contribution in [0.5, 0.6) is 5.75 Å². The third-order valence-corrected chi connectivity index (χ3v) is 5.58. The molecule has 0 radical (unpaired) electrons. The van der Waals surface area contributed by atoms with Crippen molar-refractivity contribution in [2.75, 3.05) is 6.61 Å². The van der Waals surface area contributed by atoms with Gasteiger partial charge in [0.05, 0.1) is 17.6 Å². The van der Waals surface area contributed by atoms with E-state index in [1.54, 1.807) is 30.3 Å². The van der Waals surface area contributed by atoms with E-state index in [1.165, 1.54) is 11.6 Å². The molecule has 168 valence electrons. The van der Waals surface area contributed by atoms with Gasteiger partial charge >= 0.3 is 0 Å². The summed E-state index contributed by atoms with van der Waals surface area (Å²) in [5.74, 6) is 0.420. The molecule has 0 spiro atoms. The van der Waals surface area contributed by atoms with E-state index in [0.29, 0.717) is 22.4 Å². The van der Waals surface area contributed by atoms with Crippen molar-refractivity contribution in [1.29, 1.82) is 0 Å². The van der Waals surface area contributed by atoms with Gasteiger partial charge in [0, 0.05) is 16.5 Å². The summed E-state index contributed by atoms with van der Waals surface area (Å²) in [5.41, 5.74) is 4.07. The van der Waals surface area contributed by atoms with Gasteiger partial charge in [-0.2, -0.15) is 5.10 Å². The zero-order valence-corrected chi connectivity index (χ0v) is 18.9. The van der Waals surface area contributed by atoms with E-state index in [0.717, 1.165) is 22.1 Å². The number of rotatable bonds is 7. The van der Waals surface area contributed by atoms with Crippen LogP contribution in [0.25, 0.3) is 22.0 Å². The minimum Gasteiger partial charge on any atom is -0.491 e. The van der Waals surface area contributed by atoms with Crippen LogP contribution in [0.2, 0.25) is 0 Å². The van der Waals surface area contributed by atoms with Crippen molar-refractivity contribution >= 4 is 16.6 Å². The molecule has 1 atom stereocenters. The zero-order chi connectivity index (χ0) is 23.5. The van der Waals surface area contributed by atoms with E-state index < -0.39 is 6.10 Å². The van der Waals surface area contributed by atoms with E-state index in [1.807, 2.05) is 44.2 Å². The van der Waals surface area contributed by atoms with Crippen molar-refractivity contribution in [1.82, 2.24) is 9.78 Å². The predicted octanol–water partition coefficient (Wildman–Crippen LogP) is 4.32. The molecule has 1 heterocycles. The number of aliphatic hydroxyl groups excluding tert-OH is 1. The van der Waals surface area contributed by atoms with Crippen molar-refractivity contribution < 1.29 is 14.6 Å². The van der Waals surface area contributed by atoms with Crippen LogP contribution in [0.3, 0.4) is 0 Å². The maximum absolute atomic E-state index is 13.1. The standard InChI is InChI=1S/C27H26N2O4/c1-17-11-12-18(2)25(13-17)26-23-9-4-5-10-24(23)27(32)29(28-26)15-21(31)16-33-22-8-6-7-20(14-22)19(3)30/h4-14,21,31H,15-16H2,1-3H3/t21-/m1/s1. The SMILES string of the molecule is CC(=O)c1cccc(OC[C@H](O)Cn2nc(-c3cc(C)ccc3C)c3ccccc3c2=O)c1. The summed E-state index contributed by atoms with van der Waals surface area (Å²) in [6.07, 6.45) is -0.969. The topological polar surface area (TPSA) is 81.4 Å². The minimum absolute atomic E-state index is 0.0199. The highest BCUT2D eigenvalue weighted by Crippen LogP contribution is 2.28. The lowest BCUT2D eigenvalue weighted by molar-refractivity contribution is 0.0881. The maximum atomic E-state index is 13.1. The van der Waals surface area contributed by atoms with Crippen LogP contribution in [-0.2, 0) is 6.54 Å². The summed E-state index contributed by atoms with van der Waals surface area (Å²) in [4.78, 5) is 24.7. The Bertz CT molecular complexity index is 1390. The first kappa shape index (κ1) is 22.4.